The molecule has 0 radical (unpaired) electrons. The number of aryl methyl sites for hydroxylation is 1. The minimum atomic E-state index is -0.109. The maximum atomic E-state index is 12.6. The van der Waals surface area contributed by atoms with E-state index in [1.807, 2.05) is 42.0 Å². The van der Waals surface area contributed by atoms with E-state index in [4.69, 9.17) is 4.52 Å². The lowest BCUT2D eigenvalue weighted by Gasteiger charge is -2.22. The zero-order valence-corrected chi connectivity index (χ0v) is 13.6. The summed E-state index contributed by atoms with van der Waals surface area (Å²) in [4.78, 5) is 20.9. The lowest BCUT2D eigenvalue weighted by molar-refractivity contribution is -0.132. The molecule has 0 N–H and O–H groups in total. The second-order valence-corrected chi connectivity index (χ2v) is 5.92. The standard InChI is InChI=1S/C17H22N4O2/c1-3-16-18-15(19-23-16)12-20(2)14-9-10-21(17(14)22)11-13-7-5-4-6-8-13/h4-8,14H,3,9-12H2,1-2H3. The van der Waals surface area contributed by atoms with Gasteiger partial charge in [-0.3, -0.25) is 9.69 Å². The smallest absolute Gasteiger partial charge is 0.240 e. The monoisotopic (exact) mass is 314 g/mol. The molecular formula is C17H22N4O2. The molecule has 0 bridgehead atoms. The summed E-state index contributed by atoms with van der Waals surface area (Å²) in [7, 11) is 1.94. The predicted molar refractivity (Wildman–Crippen MR) is 85.4 cm³/mol. The molecule has 1 aromatic carbocycles. The first-order valence-electron chi connectivity index (χ1n) is 8.01. The largest absolute Gasteiger partial charge is 0.339 e. The third-order valence-electron chi connectivity index (χ3n) is 4.22. The Bertz CT molecular complexity index is 656. The van der Waals surface area contributed by atoms with Crippen LogP contribution in [0.25, 0.3) is 0 Å². The fourth-order valence-electron chi connectivity index (χ4n) is 2.92. The average molecular weight is 314 g/mol. The molecule has 1 aliphatic rings. The molecule has 0 aliphatic carbocycles. The van der Waals surface area contributed by atoms with Crippen LogP contribution in [0.15, 0.2) is 34.9 Å². The number of aromatic nitrogens is 2. The van der Waals surface area contributed by atoms with Crippen molar-refractivity contribution in [2.45, 2.75) is 38.9 Å². The van der Waals surface area contributed by atoms with Gasteiger partial charge in [-0.1, -0.05) is 42.4 Å². The molecule has 6 heteroatoms. The lowest BCUT2D eigenvalue weighted by atomic mass is 10.2. The van der Waals surface area contributed by atoms with Crippen LogP contribution < -0.4 is 0 Å². The second kappa shape index (κ2) is 6.91. The van der Waals surface area contributed by atoms with Gasteiger partial charge in [0.15, 0.2) is 5.82 Å². The van der Waals surface area contributed by atoms with E-state index in [-0.39, 0.29) is 11.9 Å². The fourth-order valence-corrected chi connectivity index (χ4v) is 2.92. The van der Waals surface area contributed by atoms with Gasteiger partial charge in [0.05, 0.1) is 12.6 Å². The summed E-state index contributed by atoms with van der Waals surface area (Å²) in [5.74, 6) is 1.45. The van der Waals surface area contributed by atoms with E-state index >= 15 is 0 Å². The first-order valence-corrected chi connectivity index (χ1v) is 8.01. The van der Waals surface area contributed by atoms with Crippen LogP contribution in [0, 0.1) is 0 Å². The molecule has 2 aromatic rings. The fraction of sp³-hybridized carbons (Fsp3) is 0.471. The highest BCUT2D eigenvalue weighted by molar-refractivity contribution is 5.83. The Hall–Kier alpha value is -2.21. The number of likely N-dealkylation sites (tertiary alicyclic amines) is 1. The molecule has 1 fully saturated rings. The molecule has 23 heavy (non-hydrogen) atoms. The molecule has 3 rings (SSSR count). The Morgan fingerprint density at radius 1 is 1.35 bits per heavy atom. The van der Waals surface area contributed by atoms with E-state index in [9.17, 15) is 4.79 Å². The minimum Gasteiger partial charge on any atom is -0.339 e. The Balaban J connectivity index is 1.59. The van der Waals surface area contributed by atoms with Crippen molar-refractivity contribution >= 4 is 5.91 Å². The maximum absolute atomic E-state index is 12.6. The van der Waals surface area contributed by atoms with Crippen LogP contribution in [0.1, 0.15) is 30.6 Å². The van der Waals surface area contributed by atoms with Crippen LogP contribution in [0.2, 0.25) is 0 Å². The number of carbonyl (C=O) groups excluding carboxylic acids is 1. The molecule has 1 aromatic heterocycles. The first-order chi connectivity index (χ1) is 11.2. The topological polar surface area (TPSA) is 62.5 Å². The van der Waals surface area contributed by atoms with Crippen LogP contribution >= 0.6 is 0 Å². The van der Waals surface area contributed by atoms with Crippen LogP contribution in [0.4, 0.5) is 0 Å². The van der Waals surface area contributed by atoms with Gasteiger partial charge in [-0.25, -0.2) is 0 Å². The quantitative estimate of drug-likeness (QED) is 0.814. The molecule has 0 saturated carbocycles. The highest BCUT2D eigenvalue weighted by Gasteiger charge is 2.34. The van der Waals surface area contributed by atoms with Crippen LogP contribution in [-0.2, 0) is 24.3 Å². The zero-order valence-electron chi connectivity index (χ0n) is 13.6. The molecule has 2 heterocycles. The highest BCUT2D eigenvalue weighted by Crippen LogP contribution is 2.20. The van der Waals surface area contributed by atoms with Crippen molar-refractivity contribution in [3.8, 4) is 0 Å². The number of likely N-dealkylation sites (N-methyl/N-ethyl adjacent to an activating group) is 1. The normalized spacial score (nSPS) is 18.1. The van der Waals surface area contributed by atoms with Crippen molar-refractivity contribution in [2.75, 3.05) is 13.6 Å². The maximum Gasteiger partial charge on any atom is 0.240 e. The minimum absolute atomic E-state index is 0.109. The summed E-state index contributed by atoms with van der Waals surface area (Å²) in [6.45, 7) is 3.96. The molecule has 1 unspecified atom stereocenters. The number of rotatable bonds is 6. The van der Waals surface area contributed by atoms with Gasteiger partial charge in [-0.05, 0) is 19.0 Å². The van der Waals surface area contributed by atoms with Crippen molar-refractivity contribution in [3.05, 3.63) is 47.6 Å². The molecule has 122 valence electrons. The van der Waals surface area contributed by atoms with Gasteiger partial charge in [0.25, 0.3) is 0 Å². The first kappa shape index (κ1) is 15.7. The SMILES string of the molecule is CCc1nc(CN(C)C2CCN(Cc3ccccc3)C2=O)no1. The number of hydrogen-bond donors (Lipinski definition) is 0. The van der Waals surface area contributed by atoms with Crippen molar-refractivity contribution in [3.63, 3.8) is 0 Å². The van der Waals surface area contributed by atoms with E-state index in [1.165, 1.54) is 0 Å². The number of amides is 1. The predicted octanol–water partition coefficient (Wildman–Crippen LogP) is 1.86. The summed E-state index contributed by atoms with van der Waals surface area (Å²) < 4.78 is 5.12. The van der Waals surface area contributed by atoms with Gasteiger partial charge >= 0.3 is 0 Å². The van der Waals surface area contributed by atoms with E-state index < -0.39 is 0 Å². The Morgan fingerprint density at radius 3 is 2.83 bits per heavy atom. The van der Waals surface area contributed by atoms with Gasteiger partial charge in [0.2, 0.25) is 11.8 Å². The highest BCUT2D eigenvalue weighted by atomic mass is 16.5. The Kier molecular flexibility index (Phi) is 4.71. The van der Waals surface area contributed by atoms with E-state index in [2.05, 4.69) is 22.3 Å². The van der Waals surface area contributed by atoms with Gasteiger partial charge < -0.3 is 9.42 Å². The van der Waals surface area contributed by atoms with Crippen molar-refractivity contribution < 1.29 is 9.32 Å². The Labute approximate surface area is 136 Å². The summed E-state index contributed by atoms with van der Waals surface area (Å²) in [6, 6.07) is 9.98. The van der Waals surface area contributed by atoms with Gasteiger partial charge in [-0.2, -0.15) is 4.98 Å². The van der Waals surface area contributed by atoms with Crippen molar-refractivity contribution in [1.29, 1.82) is 0 Å². The number of carbonyl (C=O) groups is 1. The molecule has 1 atom stereocenters. The average Bonchev–Trinajstić information content (AvgIpc) is 3.16. The van der Waals surface area contributed by atoms with Crippen LogP contribution in [-0.4, -0.2) is 45.5 Å². The second-order valence-electron chi connectivity index (χ2n) is 5.92. The van der Waals surface area contributed by atoms with Crippen molar-refractivity contribution in [2.24, 2.45) is 0 Å². The number of hydrogen-bond acceptors (Lipinski definition) is 5. The summed E-state index contributed by atoms with van der Waals surface area (Å²) in [6.07, 6.45) is 1.56. The van der Waals surface area contributed by atoms with E-state index in [1.54, 1.807) is 0 Å². The molecule has 1 aliphatic heterocycles. The zero-order chi connectivity index (χ0) is 16.2. The van der Waals surface area contributed by atoms with E-state index in [0.29, 0.717) is 24.8 Å². The van der Waals surface area contributed by atoms with Gasteiger partial charge in [0.1, 0.15) is 0 Å². The summed E-state index contributed by atoms with van der Waals surface area (Å²) in [5, 5.41) is 3.96. The number of benzene rings is 1. The van der Waals surface area contributed by atoms with Crippen LogP contribution in [0.3, 0.4) is 0 Å². The molecule has 0 spiro atoms. The van der Waals surface area contributed by atoms with E-state index in [0.717, 1.165) is 24.9 Å². The summed E-state index contributed by atoms with van der Waals surface area (Å²) >= 11 is 0. The molecule has 1 saturated heterocycles. The third kappa shape index (κ3) is 3.59. The van der Waals surface area contributed by atoms with Crippen LogP contribution in [0.5, 0.6) is 0 Å². The lowest BCUT2D eigenvalue weighted by Crippen LogP contribution is -2.39. The number of nitrogens with zero attached hydrogens (tertiary/aromatic N) is 4. The van der Waals surface area contributed by atoms with Gasteiger partial charge in [-0.15, -0.1) is 0 Å². The molecule has 1 amide bonds. The van der Waals surface area contributed by atoms with Gasteiger partial charge in [0, 0.05) is 19.5 Å². The van der Waals surface area contributed by atoms with Crippen molar-refractivity contribution in [1.82, 2.24) is 19.9 Å². The third-order valence-corrected chi connectivity index (χ3v) is 4.22. The molecular weight excluding hydrogens is 292 g/mol. The summed E-state index contributed by atoms with van der Waals surface area (Å²) in [5.41, 5.74) is 1.16. The molecule has 6 nitrogen and oxygen atoms in total. The Morgan fingerprint density at radius 2 is 2.13 bits per heavy atom.